The highest BCUT2D eigenvalue weighted by molar-refractivity contribution is 5.97. The molecule has 1 heterocycles. The van der Waals surface area contributed by atoms with Gasteiger partial charge in [0.1, 0.15) is 0 Å². The lowest BCUT2D eigenvalue weighted by Gasteiger charge is -2.23. The monoisotopic (exact) mass is 315 g/mol. The maximum absolute atomic E-state index is 12.5. The van der Waals surface area contributed by atoms with Crippen LogP contribution in [0.4, 0.5) is 13.2 Å². The molecule has 0 bridgehead atoms. The highest BCUT2D eigenvalue weighted by atomic mass is 19.4. The van der Waals surface area contributed by atoms with Crippen LogP contribution in [0.2, 0.25) is 0 Å². The molecule has 2 nitrogen and oxygen atoms in total. The van der Waals surface area contributed by atoms with Gasteiger partial charge in [-0.15, -0.1) is 0 Å². The van der Waals surface area contributed by atoms with Gasteiger partial charge >= 0.3 is 6.18 Å². The van der Waals surface area contributed by atoms with Crippen molar-refractivity contribution >= 4 is 5.91 Å². The summed E-state index contributed by atoms with van der Waals surface area (Å²) in [4.78, 5) is 13.7. The van der Waals surface area contributed by atoms with Gasteiger partial charge in [0, 0.05) is 23.7 Å². The standard InChI is InChI=1S/C18H12F3NO/c19-18(20,21)15-7-5-13(6-8-15)9-11-22-12-10-14-3-1-2-4-16(14)17(22)23/h1-8H,10,12H2. The summed E-state index contributed by atoms with van der Waals surface area (Å²) in [6.45, 7) is 0.476. The van der Waals surface area contributed by atoms with Crippen LogP contribution in [0.3, 0.4) is 0 Å². The Labute approximate surface area is 131 Å². The van der Waals surface area contributed by atoms with Crippen molar-refractivity contribution in [1.82, 2.24) is 4.90 Å². The first-order valence-corrected chi connectivity index (χ1v) is 7.04. The molecule has 3 rings (SSSR count). The maximum atomic E-state index is 12.5. The number of alkyl halides is 3. The molecule has 0 radical (unpaired) electrons. The molecule has 23 heavy (non-hydrogen) atoms. The fraction of sp³-hybridized carbons (Fsp3) is 0.167. The summed E-state index contributed by atoms with van der Waals surface area (Å²) in [6.07, 6.45) is -3.65. The molecule has 1 amide bonds. The van der Waals surface area contributed by atoms with E-state index >= 15 is 0 Å². The van der Waals surface area contributed by atoms with Gasteiger partial charge in [-0.2, -0.15) is 13.2 Å². The predicted molar refractivity (Wildman–Crippen MR) is 79.5 cm³/mol. The molecular weight excluding hydrogens is 303 g/mol. The first-order valence-electron chi connectivity index (χ1n) is 7.04. The lowest BCUT2D eigenvalue weighted by atomic mass is 9.99. The number of halogens is 3. The lowest BCUT2D eigenvalue weighted by Crippen LogP contribution is -2.33. The molecule has 0 fully saturated rings. The predicted octanol–water partition coefficient (Wildman–Crippen LogP) is 3.71. The summed E-state index contributed by atoms with van der Waals surface area (Å²) in [5, 5.41) is 0. The molecule has 0 aromatic heterocycles. The van der Waals surface area contributed by atoms with Crippen molar-refractivity contribution in [3.05, 3.63) is 70.8 Å². The number of carbonyl (C=O) groups is 1. The second-order valence-corrected chi connectivity index (χ2v) is 5.18. The number of hydrogen-bond donors (Lipinski definition) is 0. The lowest BCUT2D eigenvalue weighted by molar-refractivity contribution is -0.137. The molecule has 1 aliphatic heterocycles. The van der Waals surface area contributed by atoms with E-state index in [4.69, 9.17) is 0 Å². The zero-order chi connectivity index (χ0) is 16.4. The Bertz CT molecular complexity index is 797. The molecule has 0 saturated carbocycles. The minimum Gasteiger partial charge on any atom is -0.268 e. The fourth-order valence-corrected chi connectivity index (χ4v) is 2.41. The normalized spacial score (nSPS) is 14.0. The molecule has 5 heteroatoms. The van der Waals surface area contributed by atoms with Crippen LogP contribution >= 0.6 is 0 Å². The third-order valence-corrected chi connectivity index (χ3v) is 3.65. The average molecular weight is 315 g/mol. The van der Waals surface area contributed by atoms with Crippen molar-refractivity contribution in [3.63, 3.8) is 0 Å². The summed E-state index contributed by atoms with van der Waals surface area (Å²) < 4.78 is 37.5. The number of rotatable bonds is 0. The van der Waals surface area contributed by atoms with Crippen molar-refractivity contribution in [2.45, 2.75) is 12.6 Å². The molecule has 0 aliphatic carbocycles. The van der Waals surface area contributed by atoms with Gasteiger partial charge < -0.3 is 0 Å². The van der Waals surface area contributed by atoms with E-state index in [1.54, 1.807) is 12.1 Å². The largest absolute Gasteiger partial charge is 0.416 e. The van der Waals surface area contributed by atoms with E-state index in [2.05, 4.69) is 12.0 Å². The Morgan fingerprint density at radius 3 is 2.39 bits per heavy atom. The number of nitrogens with zero attached hydrogens (tertiary/aromatic N) is 1. The van der Waals surface area contributed by atoms with Crippen LogP contribution in [0.25, 0.3) is 0 Å². The van der Waals surface area contributed by atoms with Crippen LogP contribution in [0, 0.1) is 12.0 Å². The van der Waals surface area contributed by atoms with Crippen LogP contribution in [-0.4, -0.2) is 17.4 Å². The van der Waals surface area contributed by atoms with Crippen molar-refractivity contribution in [3.8, 4) is 12.0 Å². The Morgan fingerprint density at radius 2 is 1.70 bits per heavy atom. The summed E-state index contributed by atoms with van der Waals surface area (Å²) in [7, 11) is 0. The fourth-order valence-electron chi connectivity index (χ4n) is 2.41. The smallest absolute Gasteiger partial charge is 0.268 e. The van der Waals surface area contributed by atoms with E-state index in [9.17, 15) is 18.0 Å². The van der Waals surface area contributed by atoms with Gasteiger partial charge in [-0.3, -0.25) is 9.69 Å². The Morgan fingerprint density at radius 1 is 1.00 bits per heavy atom. The number of amides is 1. The minimum absolute atomic E-state index is 0.175. The molecule has 1 aliphatic rings. The van der Waals surface area contributed by atoms with E-state index in [-0.39, 0.29) is 5.91 Å². The molecule has 0 saturated heterocycles. The Hall–Kier alpha value is -2.74. The van der Waals surface area contributed by atoms with Crippen LogP contribution in [-0.2, 0) is 12.6 Å². The topological polar surface area (TPSA) is 20.3 Å². The van der Waals surface area contributed by atoms with Gasteiger partial charge in [-0.05, 0) is 48.2 Å². The second kappa shape index (κ2) is 5.81. The molecule has 116 valence electrons. The summed E-state index contributed by atoms with van der Waals surface area (Å²) in [5.41, 5.74) is 1.33. The SMILES string of the molecule is O=C1c2ccccc2CCN1C#Cc1ccc(C(F)(F)F)cc1. The Kier molecular flexibility index (Phi) is 3.83. The maximum Gasteiger partial charge on any atom is 0.416 e. The third kappa shape index (κ3) is 3.21. The van der Waals surface area contributed by atoms with E-state index in [0.717, 1.165) is 17.7 Å². The quantitative estimate of drug-likeness (QED) is 0.679. The summed E-state index contributed by atoms with van der Waals surface area (Å²) >= 11 is 0. The van der Waals surface area contributed by atoms with Gasteiger partial charge in [-0.1, -0.05) is 18.2 Å². The molecule has 0 unspecified atom stereocenters. The highest BCUT2D eigenvalue weighted by Crippen LogP contribution is 2.29. The van der Waals surface area contributed by atoms with Crippen LogP contribution < -0.4 is 0 Å². The summed E-state index contributed by atoms with van der Waals surface area (Å²) in [5.74, 6) is 2.57. The molecule has 0 atom stereocenters. The van der Waals surface area contributed by atoms with E-state index in [0.29, 0.717) is 24.1 Å². The summed E-state index contributed by atoms with van der Waals surface area (Å²) in [6, 6.07) is 14.7. The molecule has 2 aromatic rings. The van der Waals surface area contributed by atoms with Crippen molar-refractivity contribution in [1.29, 1.82) is 0 Å². The molecule has 0 N–H and O–H groups in total. The first kappa shape index (κ1) is 15.2. The van der Waals surface area contributed by atoms with Gasteiger partial charge in [0.05, 0.1) is 5.56 Å². The first-order chi connectivity index (χ1) is 10.9. The van der Waals surface area contributed by atoms with Gasteiger partial charge in [0.15, 0.2) is 0 Å². The number of hydrogen-bond acceptors (Lipinski definition) is 1. The second-order valence-electron chi connectivity index (χ2n) is 5.18. The van der Waals surface area contributed by atoms with E-state index in [1.165, 1.54) is 17.0 Å². The molecule has 0 spiro atoms. The number of benzene rings is 2. The number of carbonyl (C=O) groups excluding carboxylic acids is 1. The average Bonchev–Trinajstić information content (AvgIpc) is 2.54. The Balaban J connectivity index is 1.79. The zero-order valence-electron chi connectivity index (χ0n) is 12.0. The van der Waals surface area contributed by atoms with Gasteiger partial charge in [-0.25, -0.2) is 0 Å². The van der Waals surface area contributed by atoms with Crippen molar-refractivity contribution < 1.29 is 18.0 Å². The van der Waals surface area contributed by atoms with Crippen LogP contribution in [0.5, 0.6) is 0 Å². The molecular formula is C18H12F3NO. The van der Waals surface area contributed by atoms with Gasteiger partial charge in [0.25, 0.3) is 5.91 Å². The van der Waals surface area contributed by atoms with Crippen LogP contribution in [0.15, 0.2) is 48.5 Å². The number of fused-ring (bicyclic) bond motifs is 1. The van der Waals surface area contributed by atoms with Gasteiger partial charge in [0.2, 0.25) is 0 Å². The van der Waals surface area contributed by atoms with E-state index in [1.807, 2.05) is 12.1 Å². The van der Waals surface area contributed by atoms with Crippen molar-refractivity contribution in [2.24, 2.45) is 0 Å². The minimum atomic E-state index is -4.36. The highest BCUT2D eigenvalue weighted by Gasteiger charge is 2.29. The van der Waals surface area contributed by atoms with E-state index < -0.39 is 11.7 Å². The van der Waals surface area contributed by atoms with Crippen LogP contribution in [0.1, 0.15) is 27.0 Å². The molecule has 2 aromatic carbocycles. The third-order valence-electron chi connectivity index (χ3n) is 3.65. The van der Waals surface area contributed by atoms with Crippen molar-refractivity contribution in [2.75, 3.05) is 6.54 Å². The zero-order valence-corrected chi connectivity index (χ0v) is 12.0.